The third kappa shape index (κ3) is 2.97. The lowest BCUT2D eigenvalue weighted by Crippen LogP contribution is -2.63. The first-order valence-electron chi connectivity index (χ1n) is 4.07. The molecule has 0 aliphatic carbocycles. The Balaban J connectivity index is 2.74. The van der Waals surface area contributed by atoms with Gasteiger partial charge in [0.1, 0.15) is 0 Å². The van der Waals surface area contributed by atoms with Crippen molar-refractivity contribution in [1.29, 1.82) is 0 Å². The van der Waals surface area contributed by atoms with Crippen molar-refractivity contribution < 1.29 is 31.1 Å². The molecule has 0 atom stereocenters. The van der Waals surface area contributed by atoms with Gasteiger partial charge in [0.25, 0.3) is 0 Å². The van der Waals surface area contributed by atoms with Crippen LogP contribution in [0.15, 0.2) is 0 Å². The Morgan fingerprint density at radius 2 is 1.47 bits per heavy atom. The van der Waals surface area contributed by atoms with Gasteiger partial charge in [0.15, 0.2) is 0 Å². The van der Waals surface area contributed by atoms with Gasteiger partial charge in [0.05, 0.1) is 5.60 Å². The molecule has 1 fully saturated rings. The van der Waals surface area contributed by atoms with E-state index < -0.39 is 24.1 Å². The smallest absolute Gasteiger partial charge is 0.352 e. The van der Waals surface area contributed by atoms with Crippen LogP contribution in [-0.2, 0) is 4.74 Å². The molecule has 0 aromatic heterocycles. The molecule has 1 aliphatic rings. The first kappa shape index (κ1) is 12.6. The van der Waals surface area contributed by atoms with Crippen LogP contribution < -0.4 is 5.32 Å². The maximum Gasteiger partial charge on any atom is 0.423 e. The van der Waals surface area contributed by atoms with Crippen molar-refractivity contribution in [3.63, 3.8) is 0 Å². The Morgan fingerprint density at radius 3 is 1.67 bits per heavy atom. The van der Waals surface area contributed by atoms with Gasteiger partial charge in [-0.15, -0.1) is 0 Å². The quantitative estimate of drug-likeness (QED) is 0.740. The van der Waals surface area contributed by atoms with E-state index in [2.05, 4.69) is 10.1 Å². The average Bonchev–Trinajstić information content (AvgIpc) is 1.92. The summed E-state index contributed by atoms with van der Waals surface area (Å²) in [6.07, 6.45) is -14.6. The van der Waals surface area contributed by atoms with Crippen molar-refractivity contribution >= 4 is 0 Å². The van der Waals surface area contributed by atoms with E-state index in [4.69, 9.17) is 0 Å². The van der Waals surface area contributed by atoms with Crippen LogP contribution in [0.1, 0.15) is 6.92 Å². The lowest BCUT2D eigenvalue weighted by Gasteiger charge is -2.42. The predicted octanol–water partition coefficient (Wildman–Crippen LogP) is 1.86. The normalized spacial score (nSPS) is 21.6. The Morgan fingerprint density at radius 1 is 1.07 bits per heavy atom. The molecule has 8 heteroatoms. The fourth-order valence-electron chi connectivity index (χ4n) is 1.16. The van der Waals surface area contributed by atoms with Crippen molar-refractivity contribution in [3.8, 4) is 0 Å². The summed E-state index contributed by atoms with van der Waals surface area (Å²) in [5, 5.41) is 2.55. The van der Waals surface area contributed by atoms with Gasteiger partial charge in [-0.05, 0) is 6.92 Å². The summed E-state index contributed by atoms with van der Waals surface area (Å²) in [7, 11) is 0. The number of rotatable bonds is 2. The molecule has 0 unspecified atom stereocenters. The van der Waals surface area contributed by atoms with Crippen LogP contribution in [0.2, 0.25) is 0 Å². The number of alkyl halides is 6. The molecule has 1 aliphatic heterocycles. The van der Waals surface area contributed by atoms with Crippen molar-refractivity contribution in [1.82, 2.24) is 5.32 Å². The fourth-order valence-corrected chi connectivity index (χ4v) is 1.16. The molecule has 1 N–H and O–H groups in total. The third-order valence-electron chi connectivity index (χ3n) is 1.99. The van der Waals surface area contributed by atoms with Gasteiger partial charge in [0.2, 0.25) is 6.10 Å². The van der Waals surface area contributed by atoms with Gasteiger partial charge >= 0.3 is 12.4 Å². The van der Waals surface area contributed by atoms with E-state index in [-0.39, 0.29) is 13.1 Å². The van der Waals surface area contributed by atoms with E-state index >= 15 is 0 Å². The fraction of sp³-hybridized carbons (Fsp3) is 1.00. The molecule has 0 radical (unpaired) electrons. The van der Waals surface area contributed by atoms with Crippen molar-refractivity contribution in [2.45, 2.75) is 31.0 Å². The molecule has 1 heterocycles. The molecule has 15 heavy (non-hydrogen) atoms. The van der Waals surface area contributed by atoms with Gasteiger partial charge < -0.3 is 10.1 Å². The lowest BCUT2D eigenvalue weighted by atomic mass is 9.99. The van der Waals surface area contributed by atoms with Crippen molar-refractivity contribution in [2.75, 3.05) is 13.1 Å². The molecule has 0 saturated carbocycles. The minimum absolute atomic E-state index is 0.0182. The predicted molar refractivity (Wildman–Crippen MR) is 38.3 cm³/mol. The third-order valence-corrected chi connectivity index (χ3v) is 1.99. The van der Waals surface area contributed by atoms with E-state index in [1.165, 1.54) is 6.92 Å². The standard InChI is InChI=1S/C7H9F6NO/c1-5(2-14-3-5)15-4(6(8,9)10)7(11,12)13/h4,14H,2-3H2,1H3. The molecule has 1 rings (SSSR count). The highest BCUT2D eigenvalue weighted by Crippen LogP contribution is 2.38. The first-order valence-corrected chi connectivity index (χ1v) is 4.07. The van der Waals surface area contributed by atoms with E-state index in [9.17, 15) is 26.3 Å². The minimum Gasteiger partial charge on any atom is -0.352 e. The lowest BCUT2D eigenvalue weighted by molar-refractivity contribution is -0.346. The van der Waals surface area contributed by atoms with Crippen LogP contribution >= 0.6 is 0 Å². The number of ether oxygens (including phenoxy) is 1. The zero-order valence-corrected chi connectivity index (χ0v) is 7.67. The first-order chi connectivity index (χ1) is 6.55. The summed E-state index contributed by atoms with van der Waals surface area (Å²) in [6, 6.07) is 0. The van der Waals surface area contributed by atoms with Gasteiger partial charge in [-0.3, -0.25) is 0 Å². The SMILES string of the molecule is CC1(OC(C(F)(F)F)C(F)(F)F)CNC1. The monoisotopic (exact) mass is 237 g/mol. The number of halogens is 6. The summed E-state index contributed by atoms with van der Waals surface area (Å²) in [4.78, 5) is 0. The van der Waals surface area contributed by atoms with Crippen LogP contribution in [0.5, 0.6) is 0 Å². The van der Waals surface area contributed by atoms with Gasteiger partial charge in [0, 0.05) is 13.1 Å². The molecule has 0 bridgehead atoms. The largest absolute Gasteiger partial charge is 0.423 e. The molecule has 0 amide bonds. The van der Waals surface area contributed by atoms with Gasteiger partial charge in [-0.2, -0.15) is 26.3 Å². The number of hydrogen-bond acceptors (Lipinski definition) is 2. The summed E-state index contributed by atoms with van der Waals surface area (Å²) < 4.78 is 76.3. The highest BCUT2D eigenvalue weighted by Gasteiger charge is 2.60. The highest BCUT2D eigenvalue weighted by molar-refractivity contribution is 4.93. The van der Waals surface area contributed by atoms with E-state index in [0.29, 0.717) is 0 Å². The summed E-state index contributed by atoms with van der Waals surface area (Å²) in [6.45, 7) is 1.17. The summed E-state index contributed by atoms with van der Waals surface area (Å²) in [5.41, 5.74) is -1.39. The molecular formula is C7H9F6NO. The second-order valence-electron chi connectivity index (χ2n) is 3.63. The summed E-state index contributed by atoms with van der Waals surface area (Å²) in [5.74, 6) is 0. The molecule has 1 saturated heterocycles. The molecule has 2 nitrogen and oxygen atoms in total. The molecule has 90 valence electrons. The molecule has 0 aromatic carbocycles. The van der Waals surface area contributed by atoms with Crippen molar-refractivity contribution in [3.05, 3.63) is 0 Å². The van der Waals surface area contributed by atoms with Gasteiger partial charge in [-0.1, -0.05) is 0 Å². The van der Waals surface area contributed by atoms with E-state index in [1.54, 1.807) is 0 Å². The van der Waals surface area contributed by atoms with Gasteiger partial charge in [-0.25, -0.2) is 0 Å². The van der Waals surface area contributed by atoms with E-state index in [0.717, 1.165) is 0 Å². The van der Waals surface area contributed by atoms with Crippen LogP contribution in [-0.4, -0.2) is 37.1 Å². The Bertz CT molecular complexity index is 217. The molecular weight excluding hydrogens is 228 g/mol. The summed E-state index contributed by atoms with van der Waals surface area (Å²) >= 11 is 0. The van der Waals surface area contributed by atoms with Crippen LogP contribution in [0.25, 0.3) is 0 Å². The molecule has 0 aromatic rings. The minimum atomic E-state index is -5.43. The second-order valence-corrected chi connectivity index (χ2v) is 3.63. The van der Waals surface area contributed by atoms with Crippen LogP contribution in [0, 0.1) is 0 Å². The average molecular weight is 237 g/mol. The highest BCUT2D eigenvalue weighted by atomic mass is 19.4. The van der Waals surface area contributed by atoms with Crippen LogP contribution in [0.3, 0.4) is 0 Å². The molecule has 0 spiro atoms. The second kappa shape index (κ2) is 3.51. The van der Waals surface area contributed by atoms with Crippen LogP contribution in [0.4, 0.5) is 26.3 Å². The zero-order valence-electron chi connectivity index (χ0n) is 7.67. The van der Waals surface area contributed by atoms with E-state index in [1.807, 2.05) is 0 Å². The Hall–Kier alpha value is -0.500. The maximum absolute atomic E-state index is 12.0. The number of nitrogens with one attached hydrogen (secondary N) is 1. The van der Waals surface area contributed by atoms with Crippen molar-refractivity contribution in [2.24, 2.45) is 0 Å². The number of hydrogen-bond donors (Lipinski definition) is 1. The zero-order chi connectivity index (χ0) is 11.9. The topological polar surface area (TPSA) is 21.3 Å². The Kier molecular flexibility index (Phi) is 2.94. The maximum atomic E-state index is 12.0. The Labute approximate surface area is 81.6 Å².